The fraction of sp³-hybridized carbons (Fsp3) is 0.200. The van der Waals surface area contributed by atoms with Gasteiger partial charge in [0.25, 0.3) is 0 Å². The van der Waals surface area contributed by atoms with Gasteiger partial charge in [-0.2, -0.15) is 0 Å². The maximum absolute atomic E-state index is 3.48. The molecule has 0 saturated heterocycles. The van der Waals surface area contributed by atoms with Gasteiger partial charge in [-0.1, -0.05) is 24.3 Å². The normalized spacial score (nSPS) is 14.8. The highest BCUT2D eigenvalue weighted by molar-refractivity contribution is 5.99. The molecule has 0 spiro atoms. The van der Waals surface area contributed by atoms with E-state index >= 15 is 0 Å². The summed E-state index contributed by atoms with van der Waals surface area (Å²) in [5.41, 5.74) is 6.68. The predicted octanol–water partition coefficient (Wildman–Crippen LogP) is 3.63. The van der Waals surface area contributed by atoms with Crippen LogP contribution in [0.25, 0.3) is 22.0 Å². The third kappa shape index (κ3) is 1.21. The molecular formula is C15H14N2. The van der Waals surface area contributed by atoms with Crippen LogP contribution in [0.4, 0.5) is 5.69 Å². The van der Waals surface area contributed by atoms with Crippen molar-refractivity contribution in [2.45, 2.75) is 12.8 Å². The van der Waals surface area contributed by atoms with Crippen LogP contribution in [0.15, 0.2) is 36.5 Å². The summed E-state index contributed by atoms with van der Waals surface area (Å²) in [6.07, 6.45) is 4.51. The summed E-state index contributed by atoms with van der Waals surface area (Å²) in [5, 5.41) is 4.82. The lowest BCUT2D eigenvalue weighted by Gasteiger charge is -2.20. The third-order valence-electron chi connectivity index (χ3n) is 3.74. The Balaban J connectivity index is 2.14. The molecule has 1 aromatic rings. The lowest BCUT2D eigenvalue weighted by Crippen LogP contribution is -2.12. The summed E-state index contributed by atoms with van der Waals surface area (Å²) in [4.78, 5) is 3.47. The lowest BCUT2D eigenvalue weighted by atomic mass is 9.96. The Morgan fingerprint density at radius 1 is 1.06 bits per heavy atom. The third-order valence-corrected chi connectivity index (χ3v) is 3.74. The van der Waals surface area contributed by atoms with Crippen molar-refractivity contribution in [2.24, 2.45) is 0 Å². The first kappa shape index (κ1) is 9.11. The Bertz CT molecular complexity index is 666. The molecule has 0 unspecified atom stereocenters. The molecule has 0 bridgehead atoms. The number of nitrogens with one attached hydrogen (secondary N) is 2. The van der Waals surface area contributed by atoms with Crippen molar-refractivity contribution in [3.8, 4) is 11.1 Å². The number of H-pyrrole nitrogens is 1. The first-order valence-electron chi connectivity index (χ1n) is 6.19. The number of hydrogen-bond donors (Lipinski definition) is 2. The molecule has 0 aromatic heterocycles. The van der Waals surface area contributed by atoms with E-state index in [0.29, 0.717) is 0 Å². The summed E-state index contributed by atoms with van der Waals surface area (Å²) >= 11 is 0. The van der Waals surface area contributed by atoms with Crippen molar-refractivity contribution >= 4 is 16.6 Å². The van der Waals surface area contributed by atoms with E-state index in [-0.39, 0.29) is 0 Å². The Hall–Kier alpha value is -1.96. The smallest absolute Gasteiger partial charge is 0.0513 e. The molecule has 4 rings (SSSR count). The highest BCUT2D eigenvalue weighted by Gasteiger charge is 2.15. The van der Waals surface area contributed by atoms with Gasteiger partial charge in [-0.3, -0.25) is 0 Å². The predicted molar refractivity (Wildman–Crippen MR) is 71.7 cm³/mol. The van der Waals surface area contributed by atoms with E-state index in [4.69, 9.17) is 0 Å². The van der Waals surface area contributed by atoms with Gasteiger partial charge in [-0.25, -0.2) is 0 Å². The molecule has 0 fully saturated rings. The van der Waals surface area contributed by atoms with Crippen molar-refractivity contribution in [3.05, 3.63) is 42.1 Å². The van der Waals surface area contributed by atoms with Gasteiger partial charge in [0.15, 0.2) is 0 Å². The summed E-state index contributed by atoms with van der Waals surface area (Å²) in [6, 6.07) is 10.9. The molecule has 0 radical (unpaired) electrons. The average molecular weight is 222 g/mol. The maximum Gasteiger partial charge on any atom is 0.0513 e. The number of aryl methyl sites for hydroxylation is 1. The van der Waals surface area contributed by atoms with Gasteiger partial charge < -0.3 is 10.3 Å². The highest BCUT2D eigenvalue weighted by atomic mass is 14.9. The van der Waals surface area contributed by atoms with E-state index in [1.54, 1.807) is 0 Å². The van der Waals surface area contributed by atoms with E-state index in [0.717, 1.165) is 6.54 Å². The van der Waals surface area contributed by atoms with Crippen LogP contribution in [-0.2, 0) is 6.42 Å². The quantitative estimate of drug-likeness (QED) is 0.597. The molecule has 0 atom stereocenters. The van der Waals surface area contributed by atoms with E-state index in [2.05, 4.69) is 46.8 Å². The van der Waals surface area contributed by atoms with Gasteiger partial charge >= 0.3 is 0 Å². The number of hydrogen-bond acceptors (Lipinski definition) is 1. The zero-order valence-electron chi connectivity index (χ0n) is 9.59. The minimum absolute atomic E-state index is 1.09. The zero-order valence-corrected chi connectivity index (χ0v) is 9.59. The van der Waals surface area contributed by atoms with Crippen LogP contribution in [0.3, 0.4) is 0 Å². The summed E-state index contributed by atoms with van der Waals surface area (Å²) in [5.74, 6) is 0. The first-order valence-corrected chi connectivity index (χ1v) is 6.19. The molecule has 17 heavy (non-hydrogen) atoms. The lowest BCUT2D eigenvalue weighted by molar-refractivity contribution is 0.834. The van der Waals surface area contributed by atoms with Crippen LogP contribution in [0.5, 0.6) is 0 Å². The molecule has 2 aliphatic heterocycles. The molecule has 0 saturated carbocycles. The van der Waals surface area contributed by atoms with Crippen molar-refractivity contribution < 1.29 is 0 Å². The van der Waals surface area contributed by atoms with Crippen molar-refractivity contribution in [1.82, 2.24) is 4.98 Å². The molecule has 84 valence electrons. The number of benzene rings is 1. The van der Waals surface area contributed by atoms with Crippen molar-refractivity contribution in [2.75, 3.05) is 11.9 Å². The average Bonchev–Trinajstić information content (AvgIpc) is 2.86. The zero-order chi connectivity index (χ0) is 11.2. The van der Waals surface area contributed by atoms with E-state index in [9.17, 15) is 0 Å². The van der Waals surface area contributed by atoms with Crippen LogP contribution < -0.4 is 5.32 Å². The SMILES string of the molecule is c1cc2c[nH]c3c4c(ccc3c-2c1)NCCC4. The molecule has 2 N–H and O–H groups in total. The Kier molecular flexibility index (Phi) is 1.75. The van der Waals surface area contributed by atoms with Gasteiger partial charge in [0, 0.05) is 23.8 Å². The molecule has 2 heteroatoms. The van der Waals surface area contributed by atoms with Gasteiger partial charge in [0.05, 0.1) is 5.52 Å². The Morgan fingerprint density at radius 3 is 3.06 bits per heavy atom. The fourth-order valence-corrected chi connectivity index (χ4v) is 2.91. The van der Waals surface area contributed by atoms with Crippen LogP contribution >= 0.6 is 0 Å². The monoisotopic (exact) mass is 222 g/mol. The number of aromatic amines is 1. The standard InChI is InChI=1S/C15H14N2/c1-3-10-9-17-15-12(11(10)4-1)6-7-14-13(15)5-2-8-16-14/h1,3-4,6-7,9,16-17H,2,5,8H2. The van der Waals surface area contributed by atoms with E-state index < -0.39 is 0 Å². The van der Waals surface area contributed by atoms with Gasteiger partial charge in [0.1, 0.15) is 0 Å². The number of rotatable bonds is 0. The number of fused-ring (bicyclic) bond motifs is 5. The summed E-state index contributed by atoms with van der Waals surface area (Å²) in [6.45, 7) is 1.09. The highest BCUT2D eigenvalue weighted by Crippen LogP contribution is 2.35. The second-order valence-electron chi connectivity index (χ2n) is 4.73. The number of anilines is 1. The summed E-state index contributed by atoms with van der Waals surface area (Å²) in [7, 11) is 0. The molecule has 1 aliphatic carbocycles. The Labute approximate surface area is 100.0 Å². The van der Waals surface area contributed by atoms with Crippen molar-refractivity contribution in [3.63, 3.8) is 0 Å². The minimum Gasteiger partial charge on any atom is -0.385 e. The fourth-order valence-electron chi connectivity index (χ4n) is 2.91. The molecule has 2 heterocycles. The van der Waals surface area contributed by atoms with Crippen LogP contribution in [0, 0.1) is 0 Å². The Morgan fingerprint density at radius 2 is 2.06 bits per heavy atom. The second-order valence-corrected chi connectivity index (χ2v) is 4.73. The molecule has 2 nitrogen and oxygen atoms in total. The minimum atomic E-state index is 1.09. The first-order chi connectivity index (χ1) is 8.43. The topological polar surface area (TPSA) is 27.8 Å². The van der Waals surface area contributed by atoms with Gasteiger partial charge in [0.2, 0.25) is 0 Å². The molecule has 0 amide bonds. The van der Waals surface area contributed by atoms with E-state index in [1.807, 2.05) is 0 Å². The van der Waals surface area contributed by atoms with Crippen LogP contribution in [0.2, 0.25) is 0 Å². The van der Waals surface area contributed by atoms with Gasteiger partial charge in [-0.05, 0) is 35.6 Å². The summed E-state index contributed by atoms with van der Waals surface area (Å²) < 4.78 is 0. The maximum atomic E-state index is 3.48. The van der Waals surface area contributed by atoms with Crippen molar-refractivity contribution in [1.29, 1.82) is 0 Å². The molecule has 3 aliphatic rings. The van der Waals surface area contributed by atoms with Crippen LogP contribution in [-0.4, -0.2) is 11.5 Å². The van der Waals surface area contributed by atoms with Crippen LogP contribution in [0.1, 0.15) is 12.0 Å². The number of aromatic nitrogens is 1. The van der Waals surface area contributed by atoms with E-state index in [1.165, 1.54) is 46.1 Å². The second kappa shape index (κ2) is 3.27. The number of pyridine rings is 1. The molecule has 1 aromatic carbocycles. The van der Waals surface area contributed by atoms with Gasteiger partial charge in [-0.15, -0.1) is 0 Å². The largest absolute Gasteiger partial charge is 0.385 e. The molecular weight excluding hydrogens is 208 g/mol.